The summed E-state index contributed by atoms with van der Waals surface area (Å²) >= 11 is 0. The highest BCUT2D eigenvalue weighted by atomic mass is 19.1. The van der Waals surface area contributed by atoms with Crippen molar-refractivity contribution >= 4 is 0 Å². The maximum absolute atomic E-state index is 13.0. The molecular weight excluding hydrogens is 289 g/mol. The van der Waals surface area contributed by atoms with Crippen molar-refractivity contribution in [3.05, 3.63) is 65.7 Å². The lowest BCUT2D eigenvalue weighted by molar-refractivity contribution is 0.212. The van der Waals surface area contributed by atoms with Crippen LogP contribution < -0.4 is 0 Å². The summed E-state index contributed by atoms with van der Waals surface area (Å²) in [5.41, 5.74) is 2.50. The van der Waals surface area contributed by atoms with Crippen LogP contribution >= 0.6 is 0 Å². The first-order valence-corrected chi connectivity index (χ1v) is 8.41. The van der Waals surface area contributed by atoms with Crippen LogP contribution in [0, 0.1) is 5.82 Å². The van der Waals surface area contributed by atoms with Gasteiger partial charge in [-0.1, -0.05) is 18.2 Å². The van der Waals surface area contributed by atoms with Crippen LogP contribution in [0.3, 0.4) is 0 Å². The zero-order valence-corrected chi connectivity index (χ0v) is 13.2. The highest BCUT2D eigenvalue weighted by Crippen LogP contribution is 2.33. The molecule has 2 aromatic rings. The number of nitrogens with zero attached hydrogens (tertiary/aromatic N) is 3. The van der Waals surface area contributed by atoms with Crippen LogP contribution in [-0.2, 0) is 13.1 Å². The van der Waals surface area contributed by atoms with Crippen molar-refractivity contribution in [1.29, 1.82) is 0 Å². The molecule has 3 heterocycles. The molecule has 0 unspecified atom stereocenters. The van der Waals surface area contributed by atoms with Crippen molar-refractivity contribution < 1.29 is 4.39 Å². The van der Waals surface area contributed by atoms with E-state index in [1.807, 2.05) is 30.6 Å². The van der Waals surface area contributed by atoms with E-state index in [0.29, 0.717) is 12.1 Å². The lowest BCUT2D eigenvalue weighted by Gasteiger charge is -2.25. The third-order valence-electron chi connectivity index (χ3n) is 5.21. The van der Waals surface area contributed by atoms with Gasteiger partial charge in [0.05, 0.1) is 0 Å². The Morgan fingerprint density at radius 3 is 2.17 bits per heavy atom. The molecule has 1 aromatic heterocycles. The molecule has 0 bridgehead atoms. The molecule has 4 heteroatoms. The van der Waals surface area contributed by atoms with Gasteiger partial charge in [-0.2, -0.15) is 0 Å². The largest absolute Gasteiger partial charge is 0.294 e. The number of benzene rings is 1. The van der Waals surface area contributed by atoms with E-state index in [2.05, 4.69) is 20.9 Å². The SMILES string of the molecule is Fc1ccc(CN2CC[C@H]3[C@H]2CCN3Cc2cccnc2)cc1. The molecule has 0 aliphatic carbocycles. The van der Waals surface area contributed by atoms with E-state index in [9.17, 15) is 4.39 Å². The number of pyridine rings is 1. The molecule has 23 heavy (non-hydrogen) atoms. The first-order chi connectivity index (χ1) is 11.3. The van der Waals surface area contributed by atoms with E-state index in [-0.39, 0.29) is 5.82 Å². The standard InChI is InChI=1S/C19H22FN3/c20-17-5-3-15(4-6-17)13-22-10-7-19-18(22)8-11-23(19)14-16-2-1-9-21-12-16/h1-6,9,12,18-19H,7-8,10-11,13-14H2/t18-,19+/m1/s1. The Kier molecular flexibility index (Phi) is 4.10. The molecule has 120 valence electrons. The van der Waals surface area contributed by atoms with E-state index in [4.69, 9.17) is 0 Å². The Balaban J connectivity index is 1.40. The van der Waals surface area contributed by atoms with Crippen LogP contribution in [0.15, 0.2) is 48.8 Å². The Labute approximate surface area is 136 Å². The number of fused-ring (bicyclic) bond motifs is 1. The molecule has 3 nitrogen and oxygen atoms in total. The summed E-state index contributed by atoms with van der Waals surface area (Å²) in [6.07, 6.45) is 6.26. The smallest absolute Gasteiger partial charge is 0.123 e. The van der Waals surface area contributed by atoms with Gasteiger partial charge in [-0.25, -0.2) is 4.39 Å². The predicted octanol–water partition coefficient (Wildman–Crippen LogP) is 3.07. The van der Waals surface area contributed by atoms with Crippen molar-refractivity contribution in [2.75, 3.05) is 13.1 Å². The van der Waals surface area contributed by atoms with Crippen LogP contribution in [0.1, 0.15) is 24.0 Å². The van der Waals surface area contributed by atoms with Gasteiger partial charge in [-0.05, 0) is 42.2 Å². The topological polar surface area (TPSA) is 19.4 Å². The number of rotatable bonds is 4. The van der Waals surface area contributed by atoms with E-state index in [1.165, 1.54) is 24.0 Å². The zero-order chi connectivity index (χ0) is 15.6. The maximum Gasteiger partial charge on any atom is 0.123 e. The van der Waals surface area contributed by atoms with Gasteiger partial charge in [0, 0.05) is 50.7 Å². The summed E-state index contributed by atoms with van der Waals surface area (Å²) in [6, 6.07) is 12.4. The minimum Gasteiger partial charge on any atom is -0.294 e. The monoisotopic (exact) mass is 311 g/mol. The quantitative estimate of drug-likeness (QED) is 0.865. The molecule has 0 amide bonds. The highest BCUT2D eigenvalue weighted by Gasteiger charge is 2.41. The highest BCUT2D eigenvalue weighted by molar-refractivity contribution is 5.17. The van der Waals surface area contributed by atoms with Crippen molar-refractivity contribution in [2.24, 2.45) is 0 Å². The van der Waals surface area contributed by atoms with Crippen molar-refractivity contribution in [3.63, 3.8) is 0 Å². The van der Waals surface area contributed by atoms with Gasteiger partial charge in [0.2, 0.25) is 0 Å². The fourth-order valence-electron chi connectivity index (χ4n) is 4.11. The molecule has 0 saturated carbocycles. The van der Waals surface area contributed by atoms with E-state index >= 15 is 0 Å². The first kappa shape index (κ1) is 14.8. The summed E-state index contributed by atoms with van der Waals surface area (Å²) in [5.74, 6) is -0.156. The normalized spacial score (nSPS) is 24.9. The summed E-state index contributed by atoms with van der Waals surface area (Å²) in [7, 11) is 0. The summed E-state index contributed by atoms with van der Waals surface area (Å²) in [6.45, 7) is 4.22. The molecule has 2 fully saturated rings. The average Bonchev–Trinajstić information content (AvgIpc) is 3.15. The number of aromatic nitrogens is 1. The Hall–Kier alpha value is -1.78. The van der Waals surface area contributed by atoms with E-state index in [1.54, 1.807) is 12.1 Å². The second-order valence-corrected chi connectivity index (χ2v) is 6.64. The lowest BCUT2D eigenvalue weighted by atomic mass is 10.1. The molecule has 2 saturated heterocycles. The number of halogens is 1. The Morgan fingerprint density at radius 1 is 0.913 bits per heavy atom. The molecule has 0 radical (unpaired) electrons. The average molecular weight is 311 g/mol. The van der Waals surface area contributed by atoms with Crippen molar-refractivity contribution in [1.82, 2.24) is 14.8 Å². The summed E-state index contributed by atoms with van der Waals surface area (Å²) in [5, 5.41) is 0. The minimum absolute atomic E-state index is 0.156. The van der Waals surface area contributed by atoms with Crippen LogP contribution in [-0.4, -0.2) is 40.0 Å². The van der Waals surface area contributed by atoms with Crippen LogP contribution in [0.25, 0.3) is 0 Å². The van der Waals surface area contributed by atoms with Gasteiger partial charge in [0.1, 0.15) is 5.82 Å². The number of likely N-dealkylation sites (tertiary alicyclic amines) is 2. The van der Waals surface area contributed by atoms with Crippen LogP contribution in [0.4, 0.5) is 4.39 Å². The first-order valence-electron chi connectivity index (χ1n) is 8.41. The molecule has 4 rings (SSSR count). The second-order valence-electron chi connectivity index (χ2n) is 6.64. The Morgan fingerprint density at radius 2 is 1.57 bits per heavy atom. The van der Waals surface area contributed by atoms with Gasteiger partial charge in [0.15, 0.2) is 0 Å². The van der Waals surface area contributed by atoms with Gasteiger partial charge in [-0.3, -0.25) is 14.8 Å². The molecule has 2 atom stereocenters. The third-order valence-corrected chi connectivity index (χ3v) is 5.21. The minimum atomic E-state index is -0.156. The fourth-order valence-corrected chi connectivity index (χ4v) is 4.11. The zero-order valence-electron chi connectivity index (χ0n) is 13.2. The third kappa shape index (κ3) is 3.14. The second kappa shape index (κ2) is 6.38. The number of hydrogen-bond donors (Lipinski definition) is 0. The molecule has 2 aliphatic heterocycles. The lowest BCUT2D eigenvalue weighted by Crippen LogP contribution is -2.36. The van der Waals surface area contributed by atoms with Gasteiger partial charge in [-0.15, -0.1) is 0 Å². The molecule has 0 spiro atoms. The molecular formula is C19H22FN3. The van der Waals surface area contributed by atoms with E-state index < -0.39 is 0 Å². The van der Waals surface area contributed by atoms with Gasteiger partial charge in [0.25, 0.3) is 0 Å². The van der Waals surface area contributed by atoms with Crippen LogP contribution in [0.5, 0.6) is 0 Å². The molecule has 0 N–H and O–H groups in total. The molecule has 2 aliphatic rings. The van der Waals surface area contributed by atoms with E-state index in [0.717, 1.165) is 26.2 Å². The fraction of sp³-hybridized carbons (Fsp3) is 0.421. The molecule has 1 aromatic carbocycles. The van der Waals surface area contributed by atoms with Crippen molar-refractivity contribution in [2.45, 2.75) is 38.0 Å². The van der Waals surface area contributed by atoms with Crippen molar-refractivity contribution in [3.8, 4) is 0 Å². The predicted molar refractivity (Wildman–Crippen MR) is 88.3 cm³/mol. The van der Waals surface area contributed by atoms with Gasteiger partial charge >= 0.3 is 0 Å². The van der Waals surface area contributed by atoms with Gasteiger partial charge < -0.3 is 0 Å². The maximum atomic E-state index is 13.0. The Bertz CT molecular complexity index is 643. The number of hydrogen-bond acceptors (Lipinski definition) is 3. The summed E-state index contributed by atoms with van der Waals surface area (Å²) < 4.78 is 13.0. The van der Waals surface area contributed by atoms with Crippen LogP contribution in [0.2, 0.25) is 0 Å². The summed E-state index contributed by atoms with van der Waals surface area (Å²) in [4.78, 5) is 9.40.